The molecule has 2 heterocycles. The number of hydrogen-bond donors (Lipinski definition) is 1. The Morgan fingerprint density at radius 1 is 1.09 bits per heavy atom. The van der Waals surface area contributed by atoms with Gasteiger partial charge in [-0.3, -0.25) is 4.99 Å². The zero-order chi connectivity index (χ0) is 14.9. The molecule has 0 saturated heterocycles. The van der Waals surface area contributed by atoms with Crippen LogP contribution in [0.4, 0.5) is 0 Å². The van der Waals surface area contributed by atoms with Crippen molar-refractivity contribution in [1.82, 2.24) is 5.32 Å². The zero-order valence-electron chi connectivity index (χ0n) is 12.7. The lowest BCUT2D eigenvalue weighted by atomic mass is 9.98. The van der Waals surface area contributed by atoms with Gasteiger partial charge in [0.2, 0.25) is 0 Å². The molecule has 0 bridgehead atoms. The summed E-state index contributed by atoms with van der Waals surface area (Å²) in [7, 11) is 1.69. The van der Waals surface area contributed by atoms with E-state index in [1.165, 1.54) is 0 Å². The van der Waals surface area contributed by atoms with Crippen LogP contribution in [0.3, 0.4) is 0 Å². The Kier molecular flexibility index (Phi) is 4.26. The Hall–Kier alpha value is -2.46. The smallest absolute Gasteiger partial charge is 0.176 e. The maximum atomic E-state index is 5.80. The third-order valence-corrected chi connectivity index (χ3v) is 3.91. The molecule has 118 valence electrons. The lowest BCUT2D eigenvalue weighted by Gasteiger charge is -2.10. The number of halogens is 1. The molecule has 0 fully saturated rings. The summed E-state index contributed by atoms with van der Waals surface area (Å²) >= 11 is 0. The summed E-state index contributed by atoms with van der Waals surface area (Å²) in [5, 5.41) is 5.42. The van der Waals surface area contributed by atoms with E-state index < -0.39 is 0 Å². The van der Waals surface area contributed by atoms with E-state index in [9.17, 15) is 0 Å². The van der Waals surface area contributed by atoms with E-state index in [0.29, 0.717) is 0 Å². The maximum Gasteiger partial charge on any atom is 0.176 e. The molecule has 4 nitrogen and oxygen atoms in total. The number of hydrogen-bond acceptors (Lipinski definition) is 4. The standard InChI is InChI=1S/C18H16N2O2.ClH/c1-21-15-8-3-2-6-13(15)14-7-4-5-12-11-22-17(16(12)14)18-19-9-10-20-18;/h2-8,11H,9-10H2,1H3,(H,19,20);1H. The quantitative estimate of drug-likeness (QED) is 0.793. The number of benzene rings is 2. The van der Waals surface area contributed by atoms with E-state index in [4.69, 9.17) is 9.15 Å². The minimum Gasteiger partial charge on any atom is -0.496 e. The minimum absolute atomic E-state index is 0. The molecule has 1 aromatic heterocycles. The van der Waals surface area contributed by atoms with Crippen molar-refractivity contribution < 1.29 is 9.15 Å². The van der Waals surface area contributed by atoms with Gasteiger partial charge in [-0.1, -0.05) is 36.4 Å². The molecular weight excluding hydrogens is 312 g/mol. The van der Waals surface area contributed by atoms with Gasteiger partial charge in [-0.05, 0) is 11.6 Å². The molecular formula is C18H17ClN2O2. The van der Waals surface area contributed by atoms with E-state index in [0.717, 1.165) is 52.3 Å². The van der Waals surface area contributed by atoms with E-state index in [1.54, 1.807) is 13.4 Å². The van der Waals surface area contributed by atoms with Gasteiger partial charge in [0.15, 0.2) is 11.6 Å². The fourth-order valence-corrected chi connectivity index (χ4v) is 2.92. The number of aliphatic imine (C=N–C) groups is 1. The number of furan rings is 1. The van der Waals surface area contributed by atoms with E-state index in [2.05, 4.69) is 28.5 Å². The molecule has 0 spiro atoms. The average Bonchev–Trinajstić information content (AvgIpc) is 3.23. The zero-order valence-corrected chi connectivity index (χ0v) is 13.5. The summed E-state index contributed by atoms with van der Waals surface area (Å²) in [6, 6.07) is 14.2. The summed E-state index contributed by atoms with van der Waals surface area (Å²) in [5.74, 6) is 2.48. The monoisotopic (exact) mass is 328 g/mol. The van der Waals surface area contributed by atoms with E-state index in [1.807, 2.05) is 24.3 Å². The highest BCUT2D eigenvalue weighted by molar-refractivity contribution is 6.13. The van der Waals surface area contributed by atoms with Gasteiger partial charge in [0, 0.05) is 22.9 Å². The first-order valence-electron chi connectivity index (χ1n) is 7.31. The van der Waals surface area contributed by atoms with Crippen molar-refractivity contribution in [2.75, 3.05) is 20.2 Å². The Morgan fingerprint density at radius 2 is 1.91 bits per heavy atom. The van der Waals surface area contributed by atoms with Crippen molar-refractivity contribution >= 4 is 29.0 Å². The molecule has 0 aliphatic carbocycles. The fraction of sp³-hybridized carbons (Fsp3) is 0.167. The molecule has 0 radical (unpaired) electrons. The van der Waals surface area contributed by atoms with Gasteiger partial charge in [-0.15, -0.1) is 12.4 Å². The van der Waals surface area contributed by atoms with E-state index >= 15 is 0 Å². The summed E-state index contributed by atoms with van der Waals surface area (Å²) in [6.07, 6.45) is 1.78. The first-order valence-corrected chi connectivity index (χ1v) is 7.31. The highest BCUT2D eigenvalue weighted by Crippen LogP contribution is 2.37. The van der Waals surface area contributed by atoms with Crippen LogP contribution in [-0.4, -0.2) is 26.0 Å². The lowest BCUT2D eigenvalue weighted by Crippen LogP contribution is -2.19. The van der Waals surface area contributed by atoms with Gasteiger partial charge in [-0.25, -0.2) is 0 Å². The maximum absolute atomic E-state index is 5.80. The number of para-hydroxylation sites is 1. The minimum atomic E-state index is 0. The third-order valence-electron chi connectivity index (χ3n) is 3.91. The van der Waals surface area contributed by atoms with Crippen LogP contribution in [0.15, 0.2) is 58.1 Å². The molecule has 0 unspecified atom stereocenters. The Balaban J connectivity index is 0.00000156. The third kappa shape index (κ3) is 2.55. The molecule has 3 aromatic rings. The van der Waals surface area contributed by atoms with Crippen LogP contribution in [0.2, 0.25) is 0 Å². The second-order valence-electron chi connectivity index (χ2n) is 5.19. The van der Waals surface area contributed by atoms with Crippen LogP contribution in [0, 0.1) is 0 Å². The summed E-state index contributed by atoms with van der Waals surface area (Å²) < 4.78 is 11.3. The molecule has 5 heteroatoms. The van der Waals surface area contributed by atoms with Gasteiger partial charge in [0.05, 0.1) is 19.9 Å². The molecule has 2 aromatic carbocycles. The molecule has 4 rings (SSSR count). The largest absolute Gasteiger partial charge is 0.496 e. The molecule has 0 saturated carbocycles. The number of nitrogens with one attached hydrogen (secondary N) is 1. The first-order chi connectivity index (χ1) is 10.9. The van der Waals surface area contributed by atoms with Gasteiger partial charge in [0.1, 0.15) is 5.75 Å². The van der Waals surface area contributed by atoms with Gasteiger partial charge in [-0.2, -0.15) is 0 Å². The van der Waals surface area contributed by atoms with Crippen LogP contribution >= 0.6 is 12.4 Å². The van der Waals surface area contributed by atoms with Crippen molar-refractivity contribution in [3.63, 3.8) is 0 Å². The SMILES string of the molecule is COc1ccccc1-c1cccc2coc(C3=NCCN3)c12.Cl. The molecule has 23 heavy (non-hydrogen) atoms. The number of rotatable bonds is 3. The lowest BCUT2D eigenvalue weighted by molar-refractivity contribution is 0.416. The second-order valence-corrected chi connectivity index (χ2v) is 5.19. The molecule has 1 aliphatic heterocycles. The number of fused-ring (bicyclic) bond motifs is 1. The molecule has 1 aliphatic rings. The van der Waals surface area contributed by atoms with Gasteiger partial charge < -0.3 is 14.5 Å². The topological polar surface area (TPSA) is 46.8 Å². The van der Waals surface area contributed by atoms with Crippen molar-refractivity contribution in [3.8, 4) is 16.9 Å². The molecule has 1 N–H and O–H groups in total. The highest BCUT2D eigenvalue weighted by atomic mass is 35.5. The summed E-state index contributed by atoms with van der Waals surface area (Å²) in [5.41, 5.74) is 2.15. The van der Waals surface area contributed by atoms with Gasteiger partial charge >= 0.3 is 0 Å². The van der Waals surface area contributed by atoms with Crippen LogP contribution in [0.5, 0.6) is 5.75 Å². The Bertz CT molecular complexity index is 870. The molecule has 0 amide bonds. The van der Waals surface area contributed by atoms with Crippen molar-refractivity contribution in [2.45, 2.75) is 0 Å². The van der Waals surface area contributed by atoms with Gasteiger partial charge in [0.25, 0.3) is 0 Å². The van der Waals surface area contributed by atoms with E-state index in [-0.39, 0.29) is 12.4 Å². The van der Waals surface area contributed by atoms with Crippen molar-refractivity contribution in [3.05, 3.63) is 54.5 Å². The van der Waals surface area contributed by atoms with Crippen molar-refractivity contribution in [1.29, 1.82) is 0 Å². The second kappa shape index (κ2) is 6.34. The van der Waals surface area contributed by atoms with Crippen LogP contribution < -0.4 is 10.1 Å². The number of ether oxygens (including phenoxy) is 1. The predicted molar refractivity (Wildman–Crippen MR) is 94.9 cm³/mol. The van der Waals surface area contributed by atoms with Crippen LogP contribution in [0.1, 0.15) is 5.76 Å². The highest BCUT2D eigenvalue weighted by Gasteiger charge is 2.19. The Labute approximate surface area is 140 Å². The number of nitrogens with zero attached hydrogens (tertiary/aromatic N) is 1. The fourth-order valence-electron chi connectivity index (χ4n) is 2.92. The normalized spacial score (nSPS) is 13.3. The van der Waals surface area contributed by atoms with Crippen LogP contribution in [0.25, 0.3) is 21.9 Å². The summed E-state index contributed by atoms with van der Waals surface area (Å²) in [4.78, 5) is 4.49. The number of methoxy groups -OCH3 is 1. The summed E-state index contributed by atoms with van der Waals surface area (Å²) in [6.45, 7) is 1.64. The Morgan fingerprint density at radius 3 is 2.70 bits per heavy atom. The van der Waals surface area contributed by atoms with Crippen LogP contribution in [-0.2, 0) is 0 Å². The van der Waals surface area contributed by atoms with Crippen molar-refractivity contribution in [2.24, 2.45) is 4.99 Å². The molecule has 0 atom stereocenters. The first kappa shape index (κ1) is 15.4. The average molecular weight is 329 g/mol. The number of amidine groups is 1. The predicted octanol–water partition coefficient (Wildman–Crippen LogP) is 3.88.